The van der Waals surface area contributed by atoms with Crippen LogP contribution in [0, 0.1) is 0 Å². The lowest BCUT2D eigenvalue weighted by Gasteiger charge is -2.18. The van der Waals surface area contributed by atoms with Gasteiger partial charge < -0.3 is 14.2 Å². The van der Waals surface area contributed by atoms with E-state index < -0.39 is 6.10 Å². The summed E-state index contributed by atoms with van der Waals surface area (Å²) in [7, 11) is 0. The minimum atomic E-state index is -0.788. The Labute approximate surface area is 427 Å². The lowest BCUT2D eigenvalue weighted by molar-refractivity contribution is -0.167. The van der Waals surface area contributed by atoms with Gasteiger partial charge in [0.05, 0.1) is 0 Å². The average Bonchev–Trinajstić information content (AvgIpc) is 3.35. The molecular formula is C63H110O6. The number of hydrogen-bond acceptors (Lipinski definition) is 6. The van der Waals surface area contributed by atoms with Crippen LogP contribution in [-0.4, -0.2) is 37.2 Å². The Morgan fingerprint density at radius 2 is 0.536 bits per heavy atom. The van der Waals surface area contributed by atoms with Crippen molar-refractivity contribution in [3.05, 3.63) is 72.9 Å². The summed E-state index contributed by atoms with van der Waals surface area (Å²) < 4.78 is 16.8. The van der Waals surface area contributed by atoms with Gasteiger partial charge in [-0.2, -0.15) is 0 Å². The first-order valence-electron chi connectivity index (χ1n) is 29.4. The van der Waals surface area contributed by atoms with E-state index in [0.29, 0.717) is 19.3 Å². The highest BCUT2D eigenvalue weighted by Crippen LogP contribution is 2.15. The molecule has 0 aliphatic carbocycles. The predicted octanol–water partition coefficient (Wildman–Crippen LogP) is 19.8. The van der Waals surface area contributed by atoms with Crippen molar-refractivity contribution in [2.24, 2.45) is 0 Å². The second-order valence-corrected chi connectivity index (χ2v) is 19.5. The third kappa shape index (κ3) is 55.6. The van der Waals surface area contributed by atoms with Crippen LogP contribution in [0.5, 0.6) is 0 Å². The van der Waals surface area contributed by atoms with Gasteiger partial charge in [-0.05, 0) is 109 Å². The molecule has 0 spiro atoms. The molecular weight excluding hydrogens is 853 g/mol. The molecule has 398 valence electrons. The molecule has 0 rings (SSSR count). The van der Waals surface area contributed by atoms with Crippen LogP contribution in [0.2, 0.25) is 0 Å². The maximum atomic E-state index is 12.9. The van der Waals surface area contributed by atoms with E-state index in [0.717, 1.165) is 96.3 Å². The van der Waals surface area contributed by atoms with Crippen LogP contribution in [0.3, 0.4) is 0 Å². The Balaban J connectivity index is 4.35. The molecule has 0 N–H and O–H groups in total. The van der Waals surface area contributed by atoms with Crippen molar-refractivity contribution in [3.8, 4) is 0 Å². The second-order valence-electron chi connectivity index (χ2n) is 19.5. The molecule has 0 saturated heterocycles. The Morgan fingerprint density at radius 1 is 0.290 bits per heavy atom. The highest BCUT2D eigenvalue weighted by atomic mass is 16.6. The van der Waals surface area contributed by atoms with Gasteiger partial charge in [0.2, 0.25) is 0 Å². The Kier molecular flexibility index (Phi) is 54.8. The van der Waals surface area contributed by atoms with Gasteiger partial charge in [-0.15, -0.1) is 0 Å². The Bertz CT molecular complexity index is 1290. The monoisotopic (exact) mass is 963 g/mol. The first-order valence-corrected chi connectivity index (χ1v) is 29.4. The van der Waals surface area contributed by atoms with Crippen molar-refractivity contribution in [1.82, 2.24) is 0 Å². The molecule has 0 aliphatic heterocycles. The minimum absolute atomic E-state index is 0.0852. The summed E-state index contributed by atoms with van der Waals surface area (Å²) in [6.07, 6.45) is 73.2. The number of carbonyl (C=O) groups is 3. The smallest absolute Gasteiger partial charge is 0.306 e. The molecule has 0 bridgehead atoms. The van der Waals surface area contributed by atoms with E-state index in [9.17, 15) is 14.4 Å². The molecule has 0 aromatic heterocycles. The largest absolute Gasteiger partial charge is 0.462 e. The SMILES string of the molecule is CCCC/C=C\CCCCCCCC(=O)OCC(COC(=O)CCCCCCCCCCC/C=C\C/C=C\CCCCCCC)OC(=O)CCCCCCCC/C=C\C/C=C\C/C=C\CCCCC. The van der Waals surface area contributed by atoms with Crippen LogP contribution < -0.4 is 0 Å². The number of allylic oxidation sites excluding steroid dienone is 12. The molecule has 0 aliphatic rings. The van der Waals surface area contributed by atoms with E-state index in [1.54, 1.807) is 0 Å². The van der Waals surface area contributed by atoms with E-state index >= 15 is 0 Å². The molecule has 0 radical (unpaired) electrons. The molecule has 69 heavy (non-hydrogen) atoms. The first-order chi connectivity index (χ1) is 34.0. The summed E-state index contributed by atoms with van der Waals surface area (Å²) in [5.74, 6) is -0.904. The average molecular weight is 964 g/mol. The Morgan fingerprint density at radius 3 is 0.899 bits per heavy atom. The number of carbonyl (C=O) groups excluding carboxylic acids is 3. The fraction of sp³-hybridized carbons (Fsp3) is 0.762. The van der Waals surface area contributed by atoms with Crippen LogP contribution in [0.25, 0.3) is 0 Å². The number of hydrogen-bond donors (Lipinski definition) is 0. The van der Waals surface area contributed by atoms with E-state index in [1.807, 2.05) is 0 Å². The van der Waals surface area contributed by atoms with E-state index in [4.69, 9.17) is 14.2 Å². The molecule has 1 unspecified atom stereocenters. The zero-order valence-corrected chi connectivity index (χ0v) is 45.6. The topological polar surface area (TPSA) is 78.9 Å². The van der Waals surface area contributed by atoms with E-state index in [2.05, 4.69) is 93.7 Å². The van der Waals surface area contributed by atoms with Crippen LogP contribution >= 0.6 is 0 Å². The maximum Gasteiger partial charge on any atom is 0.306 e. The molecule has 0 aromatic carbocycles. The zero-order chi connectivity index (χ0) is 50.0. The summed E-state index contributed by atoms with van der Waals surface area (Å²) in [5, 5.41) is 0. The third-order valence-corrected chi connectivity index (χ3v) is 12.7. The van der Waals surface area contributed by atoms with E-state index in [1.165, 1.54) is 154 Å². The Hall–Kier alpha value is -3.15. The van der Waals surface area contributed by atoms with Gasteiger partial charge in [-0.3, -0.25) is 14.4 Å². The summed E-state index contributed by atoms with van der Waals surface area (Å²) >= 11 is 0. The van der Waals surface area contributed by atoms with Crippen LogP contribution in [0.15, 0.2) is 72.9 Å². The predicted molar refractivity (Wildman–Crippen MR) is 298 cm³/mol. The first kappa shape index (κ1) is 65.8. The molecule has 0 saturated carbocycles. The van der Waals surface area contributed by atoms with Gasteiger partial charge in [-0.1, -0.05) is 235 Å². The van der Waals surface area contributed by atoms with E-state index in [-0.39, 0.29) is 31.1 Å². The maximum absolute atomic E-state index is 12.9. The number of unbranched alkanes of at least 4 members (excludes halogenated alkanes) is 30. The van der Waals surface area contributed by atoms with Crippen molar-refractivity contribution < 1.29 is 28.6 Å². The molecule has 0 aromatic rings. The zero-order valence-electron chi connectivity index (χ0n) is 45.6. The van der Waals surface area contributed by atoms with Crippen LogP contribution in [0.4, 0.5) is 0 Å². The van der Waals surface area contributed by atoms with Crippen LogP contribution in [0.1, 0.15) is 290 Å². The van der Waals surface area contributed by atoms with Crippen molar-refractivity contribution in [2.45, 2.75) is 297 Å². The van der Waals surface area contributed by atoms with Crippen molar-refractivity contribution in [3.63, 3.8) is 0 Å². The highest BCUT2D eigenvalue weighted by Gasteiger charge is 2.19. The molecule has 0 amide bonds. The third-order valence-electron chi connectivity index (χ3n) is 12.7. The van der Waals surface area contributed by atoms with Crippen molar-refractivity contribution >= 4 is 17.9 Å². The van der Waals surface area contributed by atoms with Gasteiger partial charge in [-0.25, -0.2) is 0 Å². The lowest BCUT2D eigenvalue weighted by atomic mass is 10.1. The minimum Gasteiger partial charge on any atom is -0.462 e. The standard InChI is InChI=1S/C63H110O6/c1-4-7-10-13-16-19-22-24-26-28-30-31-33-34-36-38-41-44-47-50-53-56-62(65)68-59-60(58-67-61(64)55-52-49-46-43-40-21-18-15-12-9-6-3)69-63(66)57-54-51-48-45-42-39-37-35-32-29-27-25-23-20-17-14-11-8-5-2/h15,17-18,20,22,24-25,27-28,30,32,35,60H,4-14,16,19,21,23,26,29,31,33-34,36-59H2,1-3H3/b18-15-,20-17-,24-22-,27-25-,30-28-,35-32-. The lowest BCUT2D eigenvalue weighted by Crippen LogP contribution is -2.30. The van der Waals surface area contributed by atoms with Gasteiger partial charge in [0.15, 0.2) is 6.10 Å². The number of ether oxygens (including phenoxy) is 3. The fourth-order valence-corrected chi connectivity index (χ4v) is 8.17. The number of rotatable bonds is 53. The van der Waals surface area contributed by atoms with Crippen molar-refractivity contribution in [2.75, 3.05) is 13.2 Å². The molecule has 6 heteroatoms. The quantitative estimate of drug-likeness (QED) is 0.0262. The van der Waals surface area contributed by atoms with Gasteiger partial charge in [0, 0.05) is 19.3 Å². The summed E-state index contributed by atoms with van der Waals surface area (Å²) in [6.45, 7) is 6.56. The van der Waals surface area contributed by atoms with Crippen LogP contribution in [-0.2, 0) is 28.6 Å². The van der Waals surface area contributed by atoms with Gasteiger partial charge >= 0.3 is 17.9 Å². The normalized spacial score (nSPS) is 12.6. The highest BCUT2D eigenvalue weighted by molar-refractivity contribution is 5.71. The molecule has 0 heterocycles. The second kappa shape index (κ2) is 57.4. The molecule has 0 fully saturated rings. The fourth-order valence-electron chi connectivity index (χ4n) is 8.17. The molecule has 1 atom stereocenters. The summed E-state index contributed by atoms with van der Waals surface area (Å²) in [5.41, 5.74) is 0. The van der Waals surface area contributed by atoms with Crippen molar-refractivity contribution in [1.29, 1.82) is 0 Å². The number of esters is 3. The molecule has 6 nitrogen and oxygen atoms in total. The summed E-state index contributed by atoms with van der Waals surface area (Å²) in [6, 6.07) is 0. The van der Waals surface area contributed by atoms with Gasteiger partial charge in [0.25, 0.3) is 0 Å². The summed E-state index contributed by atoms with van der Waals surface area (Å²) in [4.78, 5) is 38.1. The van der Waals surface area contributed by atoms with Gasteiger partial charge in [0.1, 0.15) is 13.2 Å².